The molecule has 1 N–H and O–H groups in total. The van der Waals surface area contributed by atoms with Crippen LogP contribution < -0.4 is 5.32 Å². The van der Waals surface area contributed by atoms with E-state index in [2.05, 4.69) is 21.2 Å². The second-order valence-electron chi connectivity index (χ2n) is 3.25. The molecule has 1 aromatic carbocycles. The van der Waals surface area contributed by atoms with E-state index in [4.69, 9.17) is 4.42 Å². The number of carbonyl (C=O) groups excluding carboxylic acids is 1. The van der Waals surface area contributed by atoms with E-state index in [0.29, 0.717) is 12.1 Å². The summed E-state index contributed by atoms with van der Waals surface area (Å²) in [5.41, 5.74) is 1.47. The zero-order valence-corrected chi connectivity index (χ0v) is 9.80. The van der Waals surface area contributed by atoms with Crippen LogP contribution in [0.2, 0.25) is 0 Å². The quantitative estimate of drug-likeness (QED) is 0.870. The van der Waals surface area contributed by atoms with Gasteiger partial charge in [-0.05, 0) is 41.2 Å². The number of halogens is 1. The van der Waals surface area contributed by atoms with Crippen LogP contribution in [0.25, 0.3) is 11.0 Å². The van der Waals surface area contributed by atoms with Gasteiger partial charge >= 0.3 is 0 Å². The van der Waals surface area contributed by atoms with Gasteiger partial charge in [-0.1, -0.05) is 0 Å². The van der Waals surface area contributed by atoms with Gasteiger partial charge in [-0.2, -0.15) is 0 Å². The molecule has 0 atom stereocenters. The normalized spacial score (nSPS) is 10.8. The Labute approximate surface area is 95.6 Å². The Morgan fingerprint density at radius 1 is 1.53 bits per heavy atom. The highest BCUT2D eigenvalue weighted by atomic mass is 79.9. The molecule has 0 saturated heterocycles. The first-order valence-electron chi connectivity index (χ1n) is 4.57. The highest BCUT2D eigenvalue weighted by Gasteiger charge is 2.08. The van der Waals surface area contributed by atoms with Crippen LogP contribution >= 0.6 is 15.9 Å². The van der Waals surface area contributed by atoms with Crippen LogP contribution in [-0.2, 0) is 0 Å². The van der Waals surface area contributed by atoms with Crippen LogP contribution in [0.5, 0.6) is 0 Å². The van der Waals surface area contributed by atoms with Gasteiger partial charge in [0.25, 0.3) is 0 Å². The lowest BCUT2D eigenvalue weighted by Crippen LogP contribution is -2.18. The van der Waals surface area contributed by atoms with Crippen molar-refractivity contribution >= 4 is 32.7 Å². The zero-order chi connectivity index (χ0) is 10.8. The van der Waals surface area contributed by atoms with Gasteiger partial charge in [0.1, 0.15) is 11.8 Å². The van der Waals surface area contributed by atoms with Gasteiger partial charge < -0.3 is 9.73 Å². The number of furan rings is 1. The summed E-state index contributed by atoms with van der Waals surface area (Å²) in [4.78, 5) is 11.6. The number of hydrogen-bond acceptors (Lipinski definition) is 3. The van der Waals surface area contributed by atoms with Gasteiger partial charge in [0.15, 0.2) is 5.78 Å². The third-order valence-electron chi connectivity index (χ3n) is 2.19. The van der Waals surface area contributed by atoms with Crippen molar-refractivity contribution in [1.29, 1.82) is 0 Å². The fourth-order valence-corrected chi connectivity index (χ4v) is 1.84. The molecule has 0 unspecified atom stereocenters. The smallest absolute Gasteiger partial charge is 0.176 e. The maximum atomic E-state index is 11.6. The SMILES string of the molecule is CNCC(=O)c1ccc2occ(Br)c2c1. The Morgan fingerprint density at radius 2 is 2.33 bits per heavy atom. The second-order valence-corrected chi connectivity index (χ2v) is 4.10. The predicted octanol–water partition coefficient (Wildman–Crippen LogP) is 2.60. The zero-order valence-electron chi connectivity index (χ0n) is 8.21. The summed E-state index contributed by atoms with van der Waals surface area (Å²) in [5.74, 6) is 0.0764. The Balaban J connectivity index is 2.45. The molecule has 0 spiro atoms. The maximum absolute atomic E-state index is 11.6. The Morgan fingerprint density at radius 3 is 3.07 bits per heavy atom. The van der Waals surface area contributed by atoms with Crippen molar-refractivity contribution in [3.05, 3.63) is 34.5 Å². The molecule has 2 rings (SSSR count). The molecule has 0 aliphatic heterocycles. The number of carbonyl (C=O) groups is 1. The molecule has 15 heavy (non-hydrogen) atoms. The van der Waals surface area contributed by atoms with E-state index in [-0.39, 0.29) is 5.78 Å². The summed E-state index contributed by atoms with van der Waals surface area (Å²) in [7, 11) is 1.75. The van der Waals surface area contributed by atoms with Gasteiger partial charge in [-0.15, -0.1) is 0 Å². The number of nitrogens with one attached hydrogen (secondary N) is 1. The van der Waals surface area contributed by atoms with Crippen molar-refractivity contribution in [3.8, 4) is 0 Å². The number of fused-ring (bicyclic) bond motifs is 1. The van der Waals surface area contributed by atoms with E-state index < -0.39 is 0 Å². The van der Waals surface area contributed by atoms with Crippen LogP contribution in [-0.4, -0.2) is 19.4 Å². The summed E-state index contributed by atoms with van der Waals surface area (Å²) in [6, 6.07) is 5.42. The minimum absolute atomic E-state index is 0.0764. The number of hydrogen-bond donors (Lipinski definition) is 1. The van der Waals surface area contributed by atoms with E-state index in [9.17, 15) is 4.79 Å². The van der Waals surface area contributed by atoms with E-state index in [0.717, 1.165) is 15.4 Å². The Kier molecular flexibility index (Phi) is 2.88. The molecule has 0 saturated carbocycles. The number of Topliss-reactive ketones (excluding diaryl/α,β-unsaturated/α-hetero) is 1. The van der Waals surface area contributed by atoms with E-state index in [1.807, 2.05) is 12.1 Å². The molecule has 0 bridgehead atoms. The first-order valence-corrected chi connectivity index (χ1v) is 5.36. The molecule has 0 aliphatic carbocycles. The third kappa shape index (κ3) is 1.96. The van der Waals surface area contributed by atoms with Crippen LogP contribution in [0, 0.1) is 0 Å². The monoisotopic (exact) mass is 267 g/mol. The average Bonchev–Trinajstić information content (AvgIpc) is 2.60. The molecule has 2 aromatic rings. The standard InChI is InChI=1S/C11H10BrNO2/c1-13-5-10(14)7-2-3-11-8(4-7)9(12)6-15-11/h2-4,6,13H,5H2,1H3. The van der Waals surface area contributed by atoms with Crippen LogP contribution in [0.15, 0.2) is 33.4 Å². The van der Waals surface area contributed by atoms with Gasteiger partial charge in [0.2, 0.25) is 0 Å². The lowest BCUT2D eigenvalue weighted by molar-refractivity contribution is 0.0993. The largest absolute Gasteiger partial charge is 0.463 e. The van der Waals surface area contributed by atoms with Gasteiger partial charge in [0.05, 0.1) is 11.0 Å². The maximum Gasteiger partial charge on any atom is 0.176 e. The second kappa shape index (κ2) is 4.16. The average molecular weight is 268 g/mol. The topological polar surface area (TPSA) is 42.2 Å². The number of likely N-dealkylation sites (N-methyl/N-ethyl adjacent to an activating group) is 1. The molecular formula is C11H10BrNO2. The number of ketones is 1. The van der Waals surface area contributed by atoms with E-state index in [1.54, 1.807) is 19.4 Å². The van der Waals surface area contributed by atoms with Gasteiger partial charge in [0, 0.05) is 10.9 Å². The molecule has 0 aliphatic rings. The summed E-state index contributed by atoms with van der Waals surface area (Å²) in [6.07, 6.45) is 1.62. The molecule has 3 nitrogen and oxygen atoms in total. The number of rotatable bonds is 3. The van der Waals surface area contributed by atoms with Crippen molar-refractivity contribution in [1.82, 2.24) is 5.32 Å². The van der Waals surface area contributed by atoms with Crippen LogP contribution in [0.3, 0.4) is 0 Å². The third-order valence-corrected chi connectivity index (χ3v) is 2.80. The van der Waals surface area contributed by atoms with Crippen LogP contribution in [0.1, 0.15) is 10.4 Å². The van der Waals surface area contributed by atoms with Gasteiger partial charge in [-0.25, -0.2) is 0 Å². The lowest BCUT2D eigenvalue weighted by Gasteiger charge is -1.99. The predicted molar refractivity (Wildman–Crippen MR) is 62.2 cm³/mol. The lowest BCUT2D eigenvalue weighted by atomic mass is 10.1. The van der Waals surface area contributed by atoms with E-state index in [1.165, 1.54) is 0 Å². The molecule has 1 heterocycles. The summed E-state index contributed by atoms with van der Waals surface area (Å²) < 4.78 is 6.14. The highest BCUT2D eigenvalue weighted by Crippen LogP contribution is 2.26. The fourth-order valence-electron chi connectivity index (χ4n) is 1.43. The van der Waals surface area contributed by atoms with Crippen molar-refractivity contribution in [2.75, 3.05) is 13.6 Å². The van der Waals surface area contributed by atoms with Crippen molar-refractivity contribution in [2.45, 2.75) is 0 Å². The summed E-state index contributed by atoms with van der Waals surface area (Å²) in [6.45, 7) is 0.348. The van der Waals surface area contributed by atoms with Crippen molar-refractivity contribution in [2.24, 2.45) is 0 Å². The molecule has 1 aromatic heterocycles. The fraction of sp³-hybridized carbons (Fsp3) is 0.182. The highest BCUT2D eigenvalue weighted by molar-refractivity contribution is 9.10. The molecule has 78 valence electrons. The first-order chi connectivity index (χ1) is 7.22. The molecule has 4 heteroatoms. The first kappa shape index (κ1) is 10.4. The molecular weight excluding hydrogens is 258 g/mol. The van der Waals surface area contributed by atoms with Crippen molar-refractivity contribution in [3.63, 3.8) is 0 Å². The van der Waals surface area contributed by atoms with Crippen LogP contribution in [0.4, 0.5) is 0 Å². The van der Waals surface area contributed by atoms with E-state index >= 15 is 0 Å². The molecule has 0 amide bonds. The molecule has 0 radical (unpaired) electrons. The summed E-state index contributed by atoms with van der Waals surface area (Å²) in [5, 5.41) is 3.77. The number of benzene rings is 1. The Bertz CT molecular complexity index is 504. The Hall–Kier alpha value is -1.13. The van der Waals surface area contributed by atoms with Crippen molar-refractivity contribution < 1.29 is 9.21 Å². The van der Waals surface area contributed by atoms with Gasteiger partial charge in [-0.3, -0.25) is 4.79 Å². The summed E-state index contributed by atoms with van der Waals surface area (Å²) >= 11 is 3.37. The minimum atomic E-state index is 0.0764. The minimum Gasteiger partial charge on any atom is -0.463 e. The molecule has 0 fully saturated rings.